The van der Waals surface area contributed by atoms with Crippen LogP contribution in [0.1, 0.15) is 17.2 Å². The van der Waals surface area contributed by atoms with Gasteiger partial charge in [0.05, 0.1) is 7.11 Å². The van der Waals surface area contributed by atoms with Gasteiger partial charge >= 0.3 is 0 Å². The number of aliphatic hydroxyl groups is 1. The third kappa shape index (κ3) is 1.25. The summed E-state index contributed by atoms with van der Waals surface area (Å²) in [5, 5.41) is 9.55. The Labute approximate surface area is 76.9 Å². The predicted molar refractivity (Wildman–Crippen MR) is 48.2 cm³/mol. The lowest BCUT2D eigenvalue weighted by molar-refractivity contribution is 0.139. The smallest absolute Gasteiger partial charge is 0.167 e. The van der Waals surface area contributed by atoms with Gasteiger partial charge in [0.15, 0.2) is 11.5 Å². The van der Waals surface area contributed by atoms with Crippen molar-refractivity contribution in [1.82, 2.24) is 0 Å². The fraction of sp³-hybridized carbons (Fsp3) is 0.400. The Bertz CT molecular complexity index is 333. The van der Waals surface area contributed by atoms with Crippen molar-refractivity contribution in [3.05, 3.63) is 23.3 Å². The highest BCUT2D eigenvalue weighted by molar-refractivity contribution is 5.52. The number of methoxy groups -OCH3 is 1. The number of aliphatic hydroxyl groups excluding tert-OH is 1. The zero-order valence-corrected chi connectivity index (χ0v) is 7.70. The van der Waals surface area contributed by atoms with E-state index in [9.17, 15) is 5.11 Å². The zero-order chi connectivity index (χ0) is 9.42. The summed E-state index contributed by atoms with van der Waals surface area (Å²) in [6, 6.07) is 3.83. The molecular formula is C10H12O3. The Hall–Kier alpha value is -1.22. The number of ether oxygens (including phenoxy) is 2. The largest absolute Gasteiger partial charge is 0.493 e. The molecule has 1 aromatic rings. The van der Waals surface area contributed by atoms with Crippen LogP contribution in [0.25, 0.3) is 0 Å². The van der Waals surface area contributed by atoms with Crippen LogP contribution in [0.2, 0.25) is 0 Å². The van der Waals surface area contributed by atoms with Crippen molar-refractivity contribution in [2.24, 2.45) is 0 Å². The molecule has 1 N–H and O–H groups in total. The van der Waals surface area contributed by atoms with E-state index in [0.717, 1.165) is 11.1 Å². The SMILES string of the molecule is COc1cc(C)cc2c1OCC2O. The van der Waals surface area contributed by atoms with Crippen LogP contribution in [0.5, 0.6) is 11.5 Å². The molecule has 0 radical (unpaired) electrons. The van der Waals surface area contributed by atoms with E-state index in [4.69, 9.17) is 9.47 Å². The standard InChI is InChI=1S/C10H12O3/c1-6-3-7-8(11)5-13-10(7)9(4-6)12-2/h3-4,8,11H,5H2,1-2H3. The van der Waals surface area contributed by atoms with Crippen molar-refractivity contribution in [2.45, 2.75) is 13.0 Å². The van der Waals surface area contributed by atoms with E-state index in [1.54, 1.807) is 7.11 Å². The first kappa shape index (κ1) is 8.38. The molecule has 1 unspecified atom stereocenters. The molecule has 0 aromatic heterocycles. The van der Waals surface area contributed by atoms with Crippen LogP contribution in [-0.4, -0.2) is 18.8 Å². The zero-order valence-electron chi connectivity index (χ0n) is 7.70. The molecule has 0 spiro atoms. The highest BCUT2D eigenvalue weighted by Gasteiger charge is 2.25. The first-order valence-electron chi connectivity index (χ1n) is 4.21. The van der Waals surface area contributed by atoms with Crippen LogP contribution < -0.4 is 9.47 Å². The highest BCUT2D eigenvalue weighted by atomic mass is 16.5. The fourth-order valence-corrected chi connectivity index (χ4v) is 1.57. The van der Waals surface area contributed by atoms with Crippen molar-refractivity contribution in [3.63, 3.8) is 0 Å². The molecule has 0 amide bonds. The normalized spacial score (nSPS) is 19.5. The number of aryl methyl sites for hydroxylation is 1. The van der Waals surface area contributed by atoms with E-state index < -0.39 is 6.10 Å². The summed E-state index contributed by atoms with van der Waals surface area (Å²) < 4.78 is 10.5. The summed E-state index contributed by atoms with van der Waals surface area (Å²) in [5.74, 6) is 1.38. The van der Waals surface area contributed by atoms with Gasteiger partial charge in [0.25, 0.3) is 0 Å². The monoisotopic (exact) mass is 180 g/mol. The van der Waals surface area contributed by atoms with Gasteiger partial charge in [-0.25, -0.2) is 0 Å². The van der Waals surface area contributed by atoms with Crippen molar-refractivity contribution in [1.29, 1.82) is 0 Å². The van der Waals surface area contributed by atoms with Gasteiger partial charge in [-0.2, -0.15) is 0 Å². The Morgan fingerprint density at radius 3 is 3.00 bits per heavy atom. The molecule has 1 aliphatic heterocycles. The van der Waals surface area contributed by atoms with Crippen LogP contribution in [0.15, 0.2) is 12.1 Å². The molecule has 0 fully saturated rings. The predicted octanol–water partition coefficient (Wildman–Crippen LogP) is 1.43. The van der Waals surface area contributed by atoms with Gasteiger partial charge in [0, 0.05) is 5.56 Å². The molecule has 3 heteroatoms. The molecular weight excluding hydrogens is 168 g/mol. The van der Waals surface area contributed by atoms with Crippen LogP contribution in [0.3, 0.4) is 0 Å². The Morgan fingerprint density at radius 2 is 2.31 bits per heavy atom. The lowest BCUT2D eigenvalue weighted by atomic mass is 10.1. The summed E-state index contributed by atoms with van der Waals surface area (Å²) in [6.45, 7) is 2.29. The first-order chi connectivity index (χ1) is 6.22. The third-order valence-electron chi connectivity index (χ3n) is 2.19. The van der Waals surface area contributed by atoms with Crippen LogP contribution >= 0.6 is 0 Å². The maximum Gasteiger partial charge on any atom is 0.167 e. The minimum Gasteiger partial charge on any atom is -0.493 e. The second-order valence-electron chi connectivity index (χ2n) is 3.21. The third-order valence-corrected chi connectivity index (χ3v) is 2.19. The number of fused-ring (bicyclic) bond motifs is 1. The lowest BCUT2D eigenvalue weighted by Crippen LogP contribution is -1.97. The lowest BCUT2D eigenvalue weighted by Gasteiger charge is -2.07. The van der Waals surface area contributed by atoms with Gasteiger partial charge < -0.3 is 14.6 Å². The average Bonchev–Trinajstić information content (AvgIpc) is 2.47. The molecule has 70 valence electrons. The maximum absolute atomic E-state index is 9.55. The minimum absolute atomic E-state index is 0.329. The van der Waals surface area contributed by atoms with E-state index in [2.05, 4.69) is 0 Å². The van der Waals surface area contributed by atoms with Crippen molar-refractivity contribution in [2.75, 3.05) is 13.7 Å². The maximum atomic E-state index is 9.55. The van der Waals surface area contributed by atoms with E-state index >= 15 is 0 Å². The van der Waals surface area contributed by atoms with Crippen LogP contribution in [0.4, 0.5) is 0 Å². The molecule has 0 saturated carbocycles. The average molecular weight is 180 g/mol. The molecule has 1 aromatic carbocycles. The summed E-state index contributed by atoms with van der Waals surface area (Å²) >= 11 is 0. The van der Waals surface area contributed by atoms with Crippen LogP contribution in [0, 0.1) is 6.92 Å². The van der Waals surface area contributed by atoms with E-state index in [1.165, 1.54) is 0 Å². The quantitative estimate of drug-likeness (QED) is 0.710. The van der Waals surface area contributed by atoms with E-state index in [-0.39, 0.29) is 0 Å². The second-order valence-corrected chi connectivity index (χ2v) is 3.21. The highest BCUT2D eigenvalue weighted by Crippen LogP contribution is 2.40. The molecule has 1 atom stereocenters. The van der Waals surface area contributed by atoms with Crippen LogP contribution in [-0.2, 0) is 0 Å². The van der Waals surface area contributed by atoms with Gasteiger partial charge in [-0.1, -0.05) is 0 Å². The molecule has 3 nitrogen and oxygen atoms in total. The van der Waals surface area contributed by atoms with Crippen molar-refractivity contribution < 1.29 is 14.6 Å². The second kappa shape index (κ2) is 2.92. The van der Waals surface area contributed by atoms with E-state index in [0.29, 0.717) is 18.1 Å². The number of rotatable bonds is 1. The van der Waals surface area contributed by atoms with Gasteiger partial charge in [0.1, 0.15) is 12.7 Å². The summed E-state index contributed by atoms with van der Waals surface area (Å²) in [6.07, 6.45) is -0.510. The summed E-state index contributed by atoms with van der Waals surface area (Å²) in [5.41, 5.74) is 1.90. The fourth-order valence-electron chi connectivity index (χ4n) is 1.57. The molecule has 2 rings (SSSR count). The molecule has 1 aliphatic rings. The molecule has 0 saturated heterocycles. The summed E-state index contributed by atoms with van der Waals surface area (Å²) in [4.78, 5) is 0. The van der Waals surface area contributed by atoms with Gasteiger partial charge in [-0.3, -0.25) is 0 Å². The topological polar surface area (TPSA) is 38.7 Å². The van der Waals surface area contributed by atoms with Crippen molar-refractivity contribution in [3.8, 4) is 11.5 Å². The number of hydrogen-bond acceptors (Lipinski definition) is 3. The minimum atomic E-state index is -0.510. The first-order valence-corrected chi connectivity index (χ1v) is 4.21. The van der Waals surface area contributed by atoms with Crippen molar-refractivity contribution >= 4 is 0 Å². The summed E-state index contributed by atoms with van der Waals surface area (Å²) in [7, 11) is 1.60. The van der Waals surface area contributed by atoms with Gasteiger partial charge in [0.2, 0.25) is 0 Å². The molecule has 13 heavy (non-hydrogen) atoms. The number of benzene rings is 1. The molecule has 1 heterocycles. The molecule has 0 aliphatic carbocycles. The van der Waals surface area contributed by atoms with E-state index in [1.807, 2.05) is 19.1 Å². The molecule has 0 bridgehead atoms. The van der Waals surface area contributed by atoms with Gasteiger partial charge in [-0.05, 0) is 24.6 Å². The Balaban J connectivity index is 2.56. The van der Waals surface area contributed by atoms with Gasteiger partial charge in [-0.15, -0.1) is 0 Å². The Morgan fingerprint density at radius 1 is 1.54 bits per heavy atom. The Kier molecular flexibility index (Phi) is 1.88. The number of hydrogen-bond donors (Lipinski definition) is 1.